The maximum atomic E-state index is 11.3. The number of primary sulfonamides is 1. The molecular weight excluding hydrogens is 236 g/mol. The molecular formula is C12H16N2O2S. The number of sulfonamides is 1. The van der Waals surface area contributed by atoms with E-state index in [0.29, 0.717) is 5.56 Å². The predicted molar refractivity (Wildman–Crippen MR) is 67.8 cm³/mol. The largest absolute Gasteiger partial charge is 0.391 e. The molecule has 0 bridgehead atoms. The van der Waals surface area contributed by atoms with Gasteiger partial charge < -0.3 is 5.32 Å². The molecule has 3 N–H and O–H groups in total. The van der Waals surface area contributed by atoms with Crippen molar-refractivity contribution in [2.45, 2.75) is 24.7 Å². The van der Waals surface area contributed by atoms with E-state index in [0.717, 1.165) is 24.9 Å². The van der Waals surface area contributed by atoms with Gasteiger partial charge in [0.1, 0.15) is 0 Å². The van der Waals surface area contributed by atoms with E-state index in [2.05, 4.69) is 5.32 Å². The van der Waals surface area contributed by atoms with Crippen molar-refractivity contribution in [2.24, 2.45) is 5.14 Å². The lowest BCUT2D eigenvalue weighted by Gasteiger charge is -2.15. The van der Waals surface area contributed by atoms with Crippen molar-refractivity contribution < 1.29 is 8.42 Å². The van der Waals surface area contributed by atoms with E-state index in [1.54, 1.807) is 13.0 Å². The average molecular weight is 252 g/mol. The first-order chi connectivity index (χ1) is 7.98. The monoisotopic (exact) mass is 252 g/mol. The van der Waals surface area contributed by atoms with Crippen LogP contribution in [0.1, 0.15) is 24.0 Å². The molecule has 0 amide bonds. The van der Waals surface area contributed by atoms with Crippen LogP contribution >= 0.6 is 0 Å². The summed E-state index contributed by atoms with van der Waals surface area (Å²) in [4.78, 5) is 0.200. The molecule has 0 unspecified atom stereocenters. The maximum absolute atomic E-state index is 11.3. The number of allylic oxidation sites excluding steroid dienone is 1. The summed E-state index contributed by atoms with van der Waals surface area (Å²) >= 11 is 0. The highest BCUT2D eigenvalue weighted by Crippen LogP contribution is 2.24. The highest BCUT2D eigenvalue weighted by Gasteiger charge is 2.13. The average Bonchev–Trinajstić information content (AvgIpc) is 2.28. The third-order valence-electron chi connectivity index (χ3n) is 2.90. The van der Waals surface area contributed by atoms with Crippen LogP contribution in [0.2, 0.25) is 0 Å². The minimum atomic E-state index is -3.62. The van der Waals surface area contributed by atoms with E-state index in [1.807, 2.05) is 18.3 Å². The van der Waals surface area contributed by atoms with Gasteiger partial charge in [0, 0.05) is 12.7 Å². The lowest BCUT2D eigenvalue weighted by Crippen LogP contribution is -2.15. The Labute approximate surface area is 102 Å². The summed E-state index contributed by atoms with van der Waals surface area (Å²) in [5, 5.41) is 8.32. The number of rotatable bonds is 2. The van der Waals surface area contributed by atoms with Gasteiger partial charge in [-0.3, -0.25) is 0 Å². The van der Waals surface area contributed by atoms with Crippen LogP contribution in [0.4, 0.5) is 0 Å². The third-order valence-corrected chi connectivity index (χ3v) is 3.97. The smallest absolute Gasteiger partial charge is 0.238 e. The van der Waals surface area contributed by atoms with Crippen molar-refractivity contribution in [3.63, 3.8) is 0 Å². The fraction of sp³-hybridized carbons (Fsp3) is 0.333. The fourth-order valence-corrected chi connectivity index (χ4v) is 2.81. The lowest BCUT2D eigenvalue weighted by molar-refractivity contribution is 0.597. The zero-order valence-electron chi connectivity index (χ0n) is 9.73. The van der Waals surface area contributed by atoms with Crippen LogP contribution in [0.5, 0.6) is 0 Å². The Morgan fingerprint density at radius 2 is 2.12 bits per heavy atom. The Morgan fingerprint density at radius 3 is 2.65 bits per heavy atom. The van der Waals surface area contributed by atoms with Gasteiger partial charge in [0.25, 0.3) is 0 Å². The Kier molecular flexibility index (Phi) is 3.22. The summed E-state index contributed by atoms with van der Waals surface area (Å²) in [5.74, 6) is 0. The van der Waals surface area contributed by atoms with E-state index in [-0.39, 0.29) is 4.90 Å². The number of aryl methyl sites for hydroxylation is 1. The van der Waals surface area contributed by atoms with Gasteiger partial charge in [0.2, 0.25) is 10.0 Å². The topological polar surface area (TPSA) is 72.2 Å². The number of hydrogen-bond acceptors (Lipinski definition) is 3. The van der Waals surface area contributed by atoms with Crippen LogP contribution in [0.3, 0.4) is 0 Å². The number of benzene rings is 1. The molecule has 92 valence electrons. The van der Waals surface area contributed by atoms with Crippen LogP contribution < -0.4 is 10.5 Å². The molecule has 1 aliphatic heterocycles. The molecule has 0 fully saturated rings. The van der Waals surface area contributed by atoms with Crippen molar-refractivity contribution in [3.8, 4) is 0 Å². The van der Waals surface area contributed by atoms with Crippen LogP contribution in [-0.2, 0) is 10.0 Å². The number of nitrogens with one attached hydrogen (secondary N) is 1. The van der Waals surface area contributed by atoms with Crippen LogP contribution in [0.25, 0.3) is 5.57 Å². The summed E-state index contributed by atoms with van der Waals surface area (Å²) in [6.07, 6.45) is 4.11. The van der Waals surface area contributed by atoms with E-state index >= 15 is 0 Å². The van der Waals surface area contributed by atoms with Gasteiger partial charge in [-0.15, -0.1) is 0 Å². The van der Waals surface area contributed by atoms with Gasteiger partial charge >= 0.3 is 0 Å². The van der Waals surface area contributed by atoms with Gasteiger partial charge in [-0.2, -0.15) is 0 Å². The van der Waals surface area contributed by atoms with Gasteiger partial charge in [-0.25, -0.2) is 13.6 Å². The Morgan fingerprint density at radius 1 is 1.35 bits per heavy atom. The molecule has 5 heteroatoms. The van der Waals surface area contributed by atoms with Crippen LogP contribution in [0, 0.1) is 6.92 Å². The molecule has 1 aromatic rings. The normalized spacial score (nSPS) is 16.2. The zero-order valence-corrected chi connectivity index (χ0v) is 10.5. The van der Waals surface area contributed by atoms with Crippen molar-refractivity contribution in [2.75, 3.05) is 6.54 Å². The fourth-order valence-electron chi connectivity index (χ4n) is 2.04. The van der Waals surface area contributed by atoms with Gasteiger partial charge in [0.15, 0.2) is 0 Å². The van der Waals surface area contributed by atoms with Gasteiger partial charge in [-0.05, 0) is 42.5 Å². The molecule has 17 heavy (non-hydrogen) atoms. The first kappa shape index (κ1) is 12.1. The predicted octanol–water partition coefficient (Wildman–Crippen LogP) is 1.37. The standard InChI is InChI=1S/C12H16N2O2S/c1-9-7-10(11-3-2-6-14-8-11)4-5-12(9)17(13,15)16/h4-5,7-8,14H,2-3,6H2,1H3,(H2,13,15,16). The summed E-state index contributed by atoms with van der Waals surface area (Å²) in [5.41, 5.74) is 2.96. The molecule has 1 aliphatic rings. The minimum Gasteiger partial charge on any atom is -0.391 e. The molecule has 0 aliphatic carbocycles. The summed E-state index contributed by atoms with van der Waals surface area (Å²) in [6, 6.07) is 5.26. The molecule has 0 radical (unpaired) electrons. The molecule has 2 rings (SSSR count). The summed E-state index contributed by atoms with van der Waals surface area (Å²) in [7, 11) is -3.62. The molecule has 0 atom stereocenters. The Hall–Kier alpha value is -1.33. The van der Waals surface area contributed by atoms with Crippen LogP contribution in [-0.4, -0.2) is 15.0 Å². The maximum Gasteiger partial charge on any atom is 0.238 e. The Balaban J connectivity index is 2.40. The minimum absolute atomic E-state index is 0.200. The first-order valence-corrected chi connectivity index (χ1v) is 7.09. The van der Waals surface area contributed by atoms with E-state index in [4.69, 9.17) is 5.14 Å². The zero-order chi connectivity index (χ0) is 12.5. The van der Waals surface area contributed by atoms with E-state index in [1.165, 1.54) is 5.57 Å². The molecule has 4 nitrogen and oxygen atoms in total. The summed E-state index contributed by atoms with van der Waals surface area (Å²) in [6.45, 7) is 2.76. The molecule has 0 aromatic heterocycles. The first-order valence-electron chi connectivity index (χ1n) is 5.55. The van der Waals surface area contributed by atoms with Crippen molar-refractivity contribution >= 4 is 15.6 Å². The van der Waals surface area contributed by atoms with Crippen molar-refractivity contribution in [3.05, 3.63) is 35.5 Å². The van der Waals surface area contributed by atoms with E-state index < -0.39 is 10.0 Å². The second-order valence-corrected chi connectivity index (χ2v) is 5.78. The highest BCUT2D eigenvalue weighted by molar-refractivity contribution is 7.89. The quantitative estimate of drug-likeness (QED) is 0.835. The van der Waals surface area contributed by atoms with Crippen molar-refractivity contribution in [1.29, 1.82) is 0 Å². The van der Waals surface area contributed by atoms with Crippen molar-refractivity contribution in [1.82, 2.24) is 5.32 Å². The highest BCUT2D eigenvalue weighted by atomic mass is 32.2. The SMILES string of the molecule is Cc1cc(C2=CNCCC2)ccc1S(N)(=O)=O. The number of nitrogens with two attached hydrogens (primary N) is 1. The third kappa shape index (κ3) is 2.68. The molecule has 1 heterocycles. The molecule has 0 saturated heterocycles. The second-order valence-electron chi connectivity index (χ2n) is 4.25. The van der Waals surface area contributed by atoms with Gasteiger partial charge in [-0.1, -0.05) is 12.1 Å². The lowest BCUT2D eigenvalue weighted by atomic mass is 9.99. The van der Waals surface area contributed by atoms with Crippen LogP contribution in [0.15, 0.2) is 29.3 Å². The molecule has 1 aromatic carbocycles. The number of hydrogen-bond donors (Lipinski definition) is 2. The Bertz CT molecular complexity index is 562. The van der Waals surface area contributed by atoms with E-state index in [9.17, 15) is 8.42 Å². The second kappa shape index (κ2) is 4.50. The molecule has 0 spiro atoms. The summed E-state index contributed by atoms with van der Waals surface area (Å²) < 4.78 is 22.6. The molecule has 0 saturated carbocycles. The van der Waals surface area contributed by atoms with Gasteiger partial charge in [0.05, 0.1) is 4.90 Å².